The van der Waals surface area contributed by atoms with E-state index in [-0.39, 0.29) is 24.7 Å². The van der Waals surface area contributed by atoms with Crippen molar-refractivity contribution in [2.24, 2.45) is 0 Å². The zero-order valence-electron chi connectivity index (χ0n) is 14.6. The molecule has 2 atom stereocenters. The molecule has 0 aromatic carbocycles. The third-order valence-corrected chi connectivity index (χ3v) is 5.07. The van der Waals surface area contributed by atoms with Crippen LogP contribution in [0.25, 0.3) is 0 Å². The Bertz CT molecular complexity index is 566. The SMILES string of the molecule is COCCN1C(=O)CO[C@H]2CCN(Cc3ncccc3C)CC[C@@H]21. The van der Waals surface area contributed by atoms with Gasteiger partial charge in [0.1, 0.15) is 6.61 Å². The molecule has 2 aliphatic heterocycles. The number of pyridine rings is 1. The molecule has 132 valence electrons. The molecule has 3 rings (SSSR count). The minimum absolute atomic E-state index is 0.0855. The molecule has 2 saturated heterocycles. The van der Waals surface area contributed by atoms with Crippen molar-refractivity contribution in [3.05, 3.63) is 29.6 Å². The van der Waals surface area contributed by atoms with E-state index in [1.165, 1.54) is 5.56 Å². The van der Waals surface area contributed by atoms with Crippen LogP contribution < -0.4 is 0 Å². The Morgan fingerprint density at radius 3 is 3.00 bits per heavy atom. The van der Waals surface area contributed by atoms with Gasteiger partial charge in [-0.15, -0.1) is 0 Å². The fraction of sp³-hybridized carbons (Fsp3) is 0.667. The maximum atomic E-state index is 12.2. The summed E-state index contributed by atoms with van der Waals surface area (Å²) in [7, 11) is 1.67. The summed E-state index contributed by atoms with van der Waals surface area (Å²) in [5.41, 5.74) is 2.36. The summed E-state index contributed by atoms with van der Waals surface area (Å²) in [6, 6.07) is 4.24. The average Bonchev–Trinajstić information content (AvgIpc) is 2.79. The first kappa shape index (κ1) is 17.3. The predicted octanol–water partition coefficient (Wildman–Crippen LogP) is 1.23. The van der Waals surface area contributed by atoms with Gasteiger partial charge >= 0.3 is 0 Å². The summed E-state index contributed by atoms with van der Waals surface area (Å²) >= 11 is 0. The van der Waals surface area contributed by atoms with Gasteiger partial charge < -0.3 is 14.4 Å². The van der Waals surface area contributed by atoms with E-state index < -0.39 is 0 Å². The highest BCUT2D eigenvalue weighted by Gasteiger charge is 2.38. The Kier molecular flexibility index (Phi) is 5.81. The second kappa shape index (κ2) is 8.05. The summed E-state index contributed by atoms with van der Waals surface area (Å²) in [4.78, 5) is 21.1. The number of aryl methyl sites for hydroxylation is 1. The summed E-state index contributed by atoms with van der Waals surface area (Å²) in [6.07, 6.45) is 3.88. The van der Waals surface area contributed by atoms with Gasteiger partial charge in [0.15, 0.2) is 0 Å². The zero-order valence-corrected chi connectivity index (χ0v) is 14.6. The van der Waals surface area contributed by atoms with Crippen molar-refractivity contribution in [2.75, 3.05) is 40.0 Å². The smallest absolute Gasteiger partial charge is 0.249 e. The number of rotatable bonds is 5. The van der Waals surface area contributed by atoms with Gasteiger partial charge in [-0.2, -0.15) is 0 Å². The Hall–Kier alpha value is -1.50. The molecular weight excluding hydrogens is 306 g/mol. The lowest BCUT2D eigenvalue weighted by molar-refractivity contribution is -0.158. The molecule has 3 heterocycles. The fourth-order valence-corrected chi connectivity index (χ4v) is 3.65. The Labute approximate surface area is 143 Å². The van der Waals surface area contributed by atoms with Gasteiger partial charge in [-0.3, -0.25) is 14.7 Å². The number of hydrogen-bond acceptors (Lipinski definition) is 5. The third-order valence-electron chi connectivity index (χ3n) is 5.07. The topological polar surface area (TPSA) is 54.9 Å². The molecule has 2 fully saturated rings. The van der Waals surface area contributed by atoms with Crippen LogP contribution in [0.2, 0.25) is 0 Å². The molecule has 6 heteroatoms. The quantitative estimate of drug-likeness (QED) is 0.811. The summed E-state index contributed by atoms with van der Waals surface area (Å²) in [5, 5.41) is 0. The van der Waals surface area contributed by atoms with E-state index in [9.17, 15) is 4.79 Å². The second-order valence-corrected chi connectivity index (χ2v) is 6.62. The molecule has 0 aliphatic carbocycles. The van der Waals surface area contributed by atoms with Crippen LogP contribution in [-0.4, -0.2) is 72.8 Å². The van der Waals surface area contributed by atoms with Crippen molar-refractivity contribution in [3.8, 4) is 0 Å². The fourth-order valence-electron chi connectivity index (χ4n) is 3.65. The molecule has 0 N–H and O–H groups in total. The van der Waals surface area contributed by atoms with Crippen molar-refractivity contribution in [1.29, 1.82) is 0 Å². The molecule has 0 radical (unpaired) electrons. The van der Waals surface area contributed by atoms with Gasteiger partial charge in [0, 0.05) is 39.5 Å². The zero-order chi connectivity index (χ0) is 16.9. The minimum Gasteiger partial charge on any atom is -0.383 e. The first-order chi connectivity index (χ1) is 11.7. The molecule has 24 heavy (non-hydrogen) atoms. The summed E-state index contributed by atoms with van der Waals surface area (Å²) in [6.45, 7) is 6.32. The molecule has 1 aromatic rings. The van der Waals surface area contributed by atoms with Crippen LogP contribution in [0.1, 0.15) is 24.1 Å². The van der Waals surface area contributed by atoms with Crippen molar-refractivity contribution in [2.45, 2.75) is 38.5 Å². The van der Waals surface area contributed by atoms with Gasteiger partial charge in [0.05, 0.1) is 24.4 Å². The van der Waals surface area contributed by atoms with Crippen LogP contribution in [0.5, 0.6) is 0 Å². The van der Waals surface area contributed by atoms with Gasteiger partial charge in [-0.25, -0.2) is 0 Å². The number of hydrogen-bond donors (Lipinski definition) is 0. The number of fused-ring (bicyclic) bond motifs is 1. The largest absolute Gasteiger partial charge is 0.383 e. The lowest BCUT2D eigenvalue weighted by Crippen LogP contribution is -2.55. The van der Waals surface area contributed by atoms with E-state index in [0.717, 1.165) is 38.2 Å². The Morgan fingerprint density at radius 1 is 1.38 bits per heavy atom. The number of carbonyl (C=O) groups is 1. The van der Waals surface area contributed by atoms with Crippen LogP contribution >= 0.6 is 0 Å². The van der Waals surface area contributed by atoms with Gasteiger partial charge in [-0.05, 0) is 31.4 Å². The van der Waals surface area contributed by atoms with E-state index in [2.05, 4.69) is 22.9 Å². The third kappa shape index (κ3) is 3.94. The maximum Gasteiger partial charge on any atom is 0.249 e. The van der Waals surface area contributed by atoms with Gasteiger partial charge in [-0.1, -0.05) is 6.07 Å². The summed E-state index contributed by atoms with van der Waals surface area (Å²) < 4.78 is 11.0. The van der Waals surface area contributed by atoms with Crippen LogP contribution in [0, 0.1) is 6.92 Å². The van der Waals surface area contributed by atoms with Crippen molar-refractivity contribution >= 4 is 5.91 Å². The number of likely N-dealkylation sites (tertiary alicyclic amines) is 1. The molecule has 1 aromatic heterocycles. The molecule has 0 spiro atoms. The normalized spacial score (nSPS) is 25.4. The van der Waals surface area contributed by atoms with Crippen molar-refractivity contribution in [3.63, 3.8) is 0 Å². The lowest BCUT2D eigenvalue weighted by Gasteiger charge is -2.40. The van der Waals surface area contributed by atoms with E-state index >= 15 is 0 Å². The van der Waals surface area contributed by atoms with Crippen LogP contribution in [0.3, 0.4) is 0 Å². The lowest BCUT2D eigenvalue weighted by atomic mass is 10.0. The van der Waals surface area contributed by atoms with Crippen LogP contribution in [0.15, 0.2) is 18.3 Å². The number of amides is 1. The second-order valence-electron chi connectivity index (χ2n) is 6.62. The first-order valence-electron chi connectivity index (χ1n) is 8.72. The number of methoxy groups -OCH3 is 1. The molecule has 0 bridgehead atoms. The van der Waals surface area contributed by atoms with Crippen LogP contribution in [-0.2, 0) is 20.8 Å². The first-order valence-corrected chi connectivity index (χ1v) is 8.72. The molecule has 0 saturated carbocycles. The Morgan fingerprint density at radius 2 is 2.21 bits per heavy atom. The number of ether oxygens (including phenoxy) is 2. The van der Waals surface area contributed by atoms with E-state index in [4.69, 9.17) is 9.47 Å². The van der Waals surface area contributed by atoms with Gasteiger partial charge in [0.2, 0.25) is 5.91 Å². The maximum absolute atomic E-state index is 12.2. The number of aromatic nitrogens is 1. The molecule has 0 unspecified atom stereocenters. The highest BCUT2D eigenvalue weighted by Crippen LogP contribution is 2.25. The standard InChI is InChI=1S/C18H27N3O3/c1-14-4-3-7-19-15(14)12-20-8-5-16-17(6-9-20)24-13-18(22)21(16)10-11-23-2/h3-4,7,16-17H,5-6,8-13H2,1-2H3/t16-,17-/m0/s1. The number of carbonyl (C=O) groups excluding carboxylic acids is 1. The van der Waals surface area contributed by atoms with Crippen molar-refractivity contribution < 1.29 is 14.3 Å². The number of nitrogens with zero attached hydrogens (tertiary/aromatic N) is 3. The van der Waals surface area contributed by atoms with Crippen LogP contribution in [0.4, 0.5) is 0 Å². The van der Waals surface area contributed by atoms with E-state index in [1.54, 1.807) is 7.11 Å². The van der Waals surface area contributed by atoms with E-state index in [0.29, 0.717) is 13.2 Å². The minimum atomic E-state index is 0.0855. The highest BCUT2D eigenvalue weighted by molar-refractivity contribution is 5.78. The monoisotopic (exact) mass is 333 g/mol. The molecular formula is C18H27N3O3. The summed E-state index contributed by atoms with van der Waals surface area (Å²) in [5.74, 6) is 0.0855. The molecule has 6 nitrogen and oxygen atoms in total. The molecule has 2 aliphatic rings. The number of morpholine rings is 1. The predicted molar refractivity (Wildman–Crippen MR) is 90.6 cm³/mol. The van der Waals surface area contributed by atoms with Gasteiger partial charge in [0.25, 0.3) is 0 Å². The Balaban J connectivity index is 1.65. The van der Waals surface area contributed by atoms with Crippen molar-refractivity contribution in [1.82, 2.24) is 14.8 Å². The molecule has 1 amide bonds. The highest BCUT2D eigenvalue weighted by atomic mass is 16.5. The van der Waals surface area contributed by atoms with E-state index in [1.807, 2.05) is 17.2 Å². The average molecular weight is 333 g/mol.